The van der Waals surface area contributed by atoms with Crippen molar-refractivity contribution in [3.05, 3.63) is 35.0 Å². The number of pyridine rings is 2. The molecule has 1 aliphatic carbocycles. The van der Waals surface area contributed by atoms with Crippen LogP contribution >= 0.6 is 11.3 Å². The summed E-state index contributed by atoms with van der Waals surface area (Å²) in [6, 6.07) is 5.91. The molecule has 0 radical (unpaired) electrons. The van der Waals surface area contributed by atoms with Crippen LogP contribution in [0.3, 0.4) is 0 Å². The Morgan fingerprint density at radius 3 is 2.76 bits per heavy atom. The summed E-state index contributed by atoms with van der Waals surface area (Å²) in [5.41, 5.74) is 2.79. The summed E-state index contributed by atoms with van der Waals surface area (Å²) in [5, 5.41) is 25.3. The van der Waals surface area contributed by atoms with E-state index in [1.807, 2.05) is 38.4 Å². The molecule has 0 aliphatic heterocycles. The number of aromatic nitrogens is 4. The van der Waals surface area contributed by atoms with Crippen molar-refractivity contribution in [2.24, 2.45) is 0 Å². The molecule has 1 aliphatic rings. The summed E-state index contributed by atoms with van der Waals surface area (Å²) in [6.45, 7) is 4.56. The highest BCUT2D eigenvalue weighted by molar-refractivity contribution is 7.15. The normalized spacial score (nSPS) is 16.8. The number of hydrogen-bond acceptors (Lipinski definition) is 8. The molecule has 0 aromatic carbocycles. The first-order valence-corrected chi connectivity index (χ1v) is 10.9. The van der Waals surface area contributed by atoms with Crippen LogP contribution in [0.2, 0.25) is 0 Å². The zero-order valence-electron chi connectivity index (χ0n) is 17.1. The standard InChI is InChI=1S/C21H27N7S/c1-13(22)21(2,12-23-3)15-10-17-16(24-11-15)8-9-18(25-17)26-20-28-27-19(29-20)14-6-4-5-7-14/h8-11,14,22-23H,4-7,12H2,1-3H3,(H,25,26,28). The predicted octanol–water partition coefficient (Wildman–Crippen LogP) is 4.40. The maximum absolute atomic E-state index is 8.25. The van der Waals surface area contributed by atoms with Crippen LogP contribution in [0.1, 0.15) is 56.0 Å². The van der Waals surface area contributed by atoms with Gasteiger partial charge in [-0.3, -0.25) is 4.98 Å². The van der Waals surface area contributed by atoms with Gasteiger partial charge in [0.1, 0.15) is 10.8 Å². The Kier molecular flexibility index (Phi) is 5.56. The van der Waals surface area contributed by atoms with Gasteiger partial charge >= 0.3 is 0 Å². The SMILES string of the molecule is CNCC(C)(C(C)=N)c1cnc2ccc(Nc3nnc(C4CCCC4)s3)nc2c1. The Morgan fingerprint density at radius 1 is 1.24 bits per heavy atom. The first-order chi connectivity index (χ1) is 14.0. The van der Waals surface area contributed by atoms with E-state index in [0.717, 1.165) is 32.6 Å². The van der Waals surface area contributed by atoms with E-state index in [-0.39, 0.29) is 0 Å². The van der Waals surface area contributed by atoms with Crippen LogP contribution in [-0.2, 0) is 5.41 Å². The fraction of sp³-hybridized carbons (Fsp3) is 0.476. The van der Waals surface area contributed by atoms with Crippen molar-refractivity contribution >= 4 is 39.0 Å². The summed E-state index contributed by atoms with van der Waals surface area (Å²) >= 11 is 1.62. The second kappa shape index (κ2) is 8.12. The molecule has 0 spiro atoms. The highest BCUT2D eigenvalue weighted by Gasteiger charge is 2.29. The molecule has 4 rings (SSSR count). The van der Waals surface area contributed by atoms with Crippen LogP contribution in [0, 0.1) is 5.41 Å². The molecule has 3 aromatic rings. The van der Waals surface area contributed by atoms with Crippen LogP contribution in [0.15, 0.2) is 24.4 Å². The molecule has 3 N–H and O–H groups in total. The third-order valence-electron chi connectivity index (χ3n) is 5.91. The average molecular weight is 410 g/mol. The lowest BCUT2D eigenvalue weighted by Gasteiger charge is -2.29. The molecule has 1 saturated carbocycles. The van der Waals surface area contributed by atoms with Gasteiger partial charge in [0.05, 0.1) is 11.0 Å². The number of hydrogen-bond donors (Lipinski definition) is 3. The predicted molar refractivity (Wildman–Crippen MR) is 119 cm³/mol. The van der Waals surface area contributed by atoms with E-state index in [9.17, 15) is 0 Å². The van der Waals surface area contributed by atoms with Crippen LogP contribution in [0.5, 0.6) is 0 Å². The summed E-state index contributed by atoms with van der Waals surface area (Å²) in [5.74, 6) is 1.29. The van der Waals surface area contributed by atoms with Crippen LogP contribution in [0.25, 0.3) is 11.0 Å². The average Bonchev–Trinajstić information content (AvgIpc) is 3.39. The fourth-order valence-electron chi connectivity index (χ4n) is 3.92. The van der Waals surface area contributed by atoms with Gasteiger partial charge in [-0.15, -0.1) is 10.2 Å². The van der Waals surface area contributed by atoms with Gasteiger partial charge in [0.15, 0.2) is 0 Å². The molecule has 0 bridgehead atoms. The fourth-order valence-corrected chi connectivity index (χ4v) is 4.83. The first kappa shape index (κ1) is 19.8. The lowest BCUT2D eigenvalue weighted by atomic mass is 9.79. The van der Waals surface area contributed by atoms with Crippen molar-refractivity contribution in [1.29, 1.82) is 5.41 Å². The summed E-state index contributed by atoms with van der Waals surface area (Å²) in [7, 11) is 1.90. The highest BCUT2D eigenvalue weighted by atomic mass is 32.1. The Bertz CT molecular complexity index is 1020. The van der Waals surface area contributed by atoms with E-state index >= 15 is 0 Å². The smallest absolute Gasteiger partial charge is 0.211 e. The van der Waals surface area contributed by atoms with Crippen molar-refractivity contribution < 1.29 is 0 Å². The maximum atomic E-state index is 8.25. The van der Waals surface area contributed by atoms with Gasteiger partial charge in [0.2, 0.25) is 5.13 Å². The Balaban J connectivity index is 1.60. The van der Waals surface area contributed by atoms with Gasteiger partial charge in [-0.1, -0.05) is 24.2 Å². The van der Waals surface area contributed by atoms with E-state index in [1.165, 1.54) is 25.7 Å². The largest absolute Gasteiger partial charge is 0.318 e. The molecular formula is C21H27N7S. The van der Waals surface area contributed by atoms with Gasteiger partial charge in [-0.25, -0.2) is 4.98 Å². The van der Waals surface area contributed by atoms with E-state index < -0.39 is 5.41 Å². The van der Waals surface area contributed by atoms with Crippen molar-refractivity contribution in [3.63, 3.8) is 0 Å². The zero-order chi connectivity index (χ0) is 20.4. The first-order valence-electron chi connectivity index (χ1n) is 10.1. The number of likely N-dealkylation sites (N-methyl/N-ethyl adjacent to an activating group) is 1. The minimum Gasteiger partial charge on any atom is -0.318 e. The maximum Gasteiger partial charge on any atom is 0.211 e. The van der Waals surface area contributed by atoms with E-state index in [0.29, 0.717) is 18.2 Å². The number of nitrogens with zero attached hydrogens (tertiary/aromatic N) is 4. The number of rotatable bonds is 7. The molecule has 29 heavy (non-hydrogen) atoms. The third kappa shape index (κ3) is 4.00. The third-order valence-corrected chi connectivity index (χ3v) is 6.91. The minimum atomic E-state index is -0.420. The molecule has 1 fully saturated rings. The molecule has 3 aromatic heterocycles. The molecule has 7 nitrogen and oxygen atoms in total. The van der Waals surface area contributed by atoms with Crippen molar-refractivity contribution in [2.75, 3.05) is 18.9 Å². The topological polar surface area (TPSA) is 99.5 Å². The summed E-state index contributed by atoms with van der Waals surface area (Å²) < 4.78 is 0. The Hall–Kier alpha value is -2.45. The van der Waals surface area contributed by atoms with Gasteiger partial charge in [0, 0.05) is 29.8 Å². The van der Waals surface area contributed by atoms with Gasteiger partial charge in [0.25, 0.3) is 0 Å². The monoisotopic (exact) mass is 409 g/mol. The molecule has 152 valence electrons. The Morgan fingerprint density at radius 2 is 2.03 bits per heavy atom. The molecular weight excluding hydrogens is 382 g/mol. The molecule has 1 atom stereocenters. The molecule has 3 heterocycles. The molecule has 8 heteroatoms. The second-order valence-corrected chi connectivity index (χ2v) is 9.01. The Labute approximate surface area is 174 Å². The van der Waals surface area contributed by atoms with Gasteiger partial charge in [-0.05, 0) is 57.5 Å². The second-order valence-electron chi connectivity index (χ2n) is 8.00. The van der Waals surface area contributed by atoms with Crippen molar-refractivity contribution in [2.45, 2.75) is 50.9 Å². The molecule has 0 amide bonds. The van der Waals surface area contributed by atoms with Gasteiger partial charge < -0.3 is 16.0 Å². The summed E-state index contributed by atoms with van der Waals surface area (Å²) in [4.78, 5) is 9.32. The number of fused-ring (bicyclic) bond motifs is 1. The molecule has 0 saturated heterocycles. The van der Waals surface area contributed by atoms with E-state index in [2.05, 4.69) is 32.7 Å². The number of anilines is 2. The number of nitrogens with one attached hydrogen (secondary N) is 3. The quantitative estimate of drug-likeness (QED) is 0.500. The summed E-state index contributed by atoms with van der Waals surface area (Å²) in [6.07, 6.45) is 6.86. The van der Waals surface area contributed by atoms with Crippen molar-refractivity contribution in [1.82, 2.24) is 25.5 Å². The highest BCUT2D eigenvalue weighted by Crippen LogP contribution is 2.37. The van der Waals surface area contributed by atoms with Gasteiger partial charge in [-0.2, -0.15) is 0 Å². The lowest BCUT2D eigenvalue weighted by molar-refractivity contribution is 0.578. The van der Waals surface area contributed by atoms with Crippen LogP contribution in [-0.4, -0.2) is 39.5 Å². The van der Waals surface area contributed by atoms with Crippen molar-refractivity contribution in [3.8, 4) is 0 Å². The van der Waals surface area contributed by atoms with E-state index in [1.54, 1.807) is 11.3 Å². The van der Waals surface area contributed by atoms with E-state index in [4.69, 9.17) is 10.4 Å². The van der Waals surface area contributed by atoms with Crippen LogP contribution < -0.4 is 10.6 Å². The zero-order valence-corrected chi connectivity index (χ0v) is 17.9. The minimum absolute atomic E-state index is 0.420. The lowest BCUT2D eigenvalue weighted by Crippen LogP contribution is -2.39. The molecule has 1 unspecified atom stereocenters. The van der Waals surface area contributed by atoms with Crippen LogP contribution in [0.4, 0.5) is 10.9 Å².